The van der Waals surface area contributed by atoms with Crippen LogP contribution >= 0.6 is 11.3 Å². The highest BCUT2D eigenvalue weighted by Crippen LogP contribution is 2.38. The number of benzene rings is 10. The largest absolute Gasteiger partial charge is 0.573 e. The first kappa shape index (κ1) is 101. The third-order valence-corrected chi connectivity index (χ3v) is 24.0. The molecule has 11 heterocycles. The van der Waals surface area contributed by atoms with Crippen molar-refractivity contribution in [3.8, 4) is 67.7 Å². The quantitative estimate of drug-likeness (QED) is 0.0261. The van der Waals surface area contributed by atoms with Crippen molar-refractivity contribution in [2.75, 3.05) is 21.3 Å². The van der Waals surface area contributed by atoms with Crippen molar-refractivity contribution >= 4 is 113 Å². The summed E-state index contributed by atoms with van der Waals surface area (Å²) in [5.41, 5.74) is 20.1. The summed E-state index contributed by atoms with van der Waals surface area (Å²) in [7, 11) is 0. The number of para-hydroxylation sites is 1. The Morgan fingerprint density at radius 3 is 0.980 bits per heavy atom. The van der Waals surface area contributed by atoms with E-state index in [-0.39, 0.29) is 22.7 Å². The summed E-state index contributed by atoms with van der Waals surface area (Å²) < 4.78 is 178. The van der Waals surface area contributed by atoms with Crippen LogP contribution in [0.3, 0.4) is 0 Å². The number of nitrogens with zero attached hydrogens (tertiary/aromatic N) is 8. The lowest BCUT2D eigenvalue weighted by Gasteiger charge is -2.12. The number of amides is 4. The van der Waals surface area contributed by atoms with Crippen LogP contribution in [-0.4, -0.2) is 109 Å². The van der Waals surface area contributed by atoms with Gasteiger partial charge in [0.25, 0.3) is 23.6 Å². The van der Waals surface area contributed by atoms with Crippen LogP contribution in [0.25, 0.3) is 99.8 Å². The Balaban J connectivity index is 0.000000130. The van der Waals surface area contributed by atoms with Gasteiger partial charge in [0.1, 0.15) is 69.0 Å². The summed E-state index contributed by atoms with van der Waals surface area (Å²) in [5.74, 6) is -0.0231. The third-order valence-electron chi connectivity index (χ3n) is 23.2. The molecule has 0 aliphatic carbocycles. The minimum absolute atomic E-state index is 0.172. The number of fused-ring (bicyclic) bond motifs is 5. The lowest BCUT2D eigenvalue weighted by atomic mass is 10.0. The topological polar surface area (TPSA) is 346 Å². The first-order valence-electron chi connectivity index (χ1n) is 45.5. The number of H-pyrrole nitrogens is 4. The predicted molar refractivity (Wildman–Crippen MR) is 537 cm³/mol. The van der Waals surface area contributed by atoms with E-state index in [0.29, 0.717) is 94.1 Å². The standard InChI is InChI=1S/C30H21F3N4O3.C28H21F3N4O2.C26H19F3N4O3.C26H19F3N4O2S/c1-17-9-10-19(29(38)35-21-6-4-7-22(16-21)40-30(31,32)33)13-20(17)15-26-36-23-11-12-34-27(23)28(37-26)25-14-18-5-2-3-8-24(18)39-25;1-17-10-11-19(27(36)33-21-8-5-9-22(16-21)37-28(29,30)31)14-20(17)15-24-34-23-12-13-32-26(23)25(35-24)18-6-3-2-4-7-18;1-15-7-8-16(25(34)31-18-4-2-5-19(14-18)36-26(27,28)29)12-17(15)13-22-32-20-9-10-30-23(20)24(33-22)21-6-3-11-35-21;1-15-7-8-16(25(34)31-18-4-2-5-19(14-18)35-26(27,28)29)12-17(15)13-22-32-20-9-10-30-23(20)24(33-22)21-6-3-11-36-21/h2-14,16,34H,15H2,1H3,(H,35,38);2-14,16,32H,15H2,1H3,(H,33,36);2*2-12,14,30H,13H2,1H3,(H,31,34). The number of aromatic amines is 4. The van der Waals surface area contributed by atoms with Gasteiger partial charge in [-0.2, -0.15) is 0 Å². The molecule has 0 atom stereocenters. The fraction of sp³-hybridized carbons (Fsp3) is 0.109. The molecule has 0 saturated heterocycles. The van der Waals surface area contributed by atoms with Gasteiger partial charge in [-0.1, -0.05) is 103 Å². The molecular weight excluding hydrogens is 1970 g/mol. The number of anilines is 4. The Bertz CT molecular complexity index is 8230. The Morgan fingerprint density at radius 2 is 0.644 bits per heavy atom. The van der Waals surface area contributed by atoms with Gasteiger partial charge < -0.3 is 69.0 Å². The number of aryl methyl sites for hydroxylation is 4. The van der Waals surface area contributed by atoms with E-state index in [9.17, 15) is 71.9 Å². The van der Waals surface area contributed by atoms with Gasteiger partial charge >= 0.3 is 25.4 Å². The highest BCUT2D eigenvalue weighted by Gasteiger charge is 2.35. The van der Waals surface area contributed by atoms with Crippen LogP contribution < -0.4 is 40.2 Å². The molecule has 0 saturated carbocycles. The highest BCUT2D eigenvalue weighted by molar-refractivity contribution is 7.13. The number of carbonyl (C=O) groups is 4. The molecule has 26 nitrogen and oxygen atoms in total. The van der Waals surface area contributed by atoms with Crippen LogP contribution in [0.5, 0.6) is 23.0 Å². The predicted octanol–water partition coefficient (Wildman–Crippen LogP) is 27.1. The van der Waals surface area contributed by atoms with E-state index in [0.717, 1.165) is 164 Å². The number of carbonyl (C=O) groups excluding carboxylic acids is 4. The summed E-state index contributed by atoms with van der Waals surface area (Å²) in [6.45, 7) is 7.70. The van der Waals surface area contributed by atoms with Crippen LogP contribution in [0, 0.1) is 27.7 Å². The van der Waals surface area contributed by atoms with E-state index in [1.54, 1.807) is 90.7 Å². The van der Waals surface area contributed by atoms with Crippen LogP contribution in [0.1, 0.15) is 109 Å². The van der Waals surface area contributed by atoms with E-state index in [1.807, 2.05) is 167 Å². The summed E-state index contributed by atoms with van der Waals surface area (Å²) in [6.07, 6.45) is -9.00. The van der Waals surface area contributed by atoms with Gasteiger partial charge in [0.2, 0.25) is 0 Å². The second-order valence-corrected chi connectivity index (χ2v) is 34.7. The molecule has 0 fully saturated rings. The van der Waals surface area contributed by atoms with E-state index in [1.165, 1.54) is 54.6 Å². The van der Waals surface area contributed by atoms with E-state index < -0.39 is 72.1 Å². The van der Waals surface area contributed by atoms with Gasteiger partial charge in [-0.05, 0) is 229 Å². The number of ether oxygens (including phenoxy) is 4. The first-order valence-corrected chi connectivity index (χ1v) is 46.4. The molecular formula is C110H80F12N16O10S. The Kier molecular flexibility index (Phi) is 29.1. The normalized spacial score (nSPS) is 11.6. The zero-order valence-electron chi connectivity index (χ0n) is 78.5. The fourth-order valence-corrected chi connectivity index (χ4v) is 16.9. The molecule has 8 N–H and O–H groups in total. The van der Waals surface area contributed by atoms with Gasteiger partial charge in [0.15, 0.2) is 11.5 Å². The molecule has 0 aliphatic heterocycles. The Hall–Kier alpha value is -18.6. The average molecular weight is 2050 g/mol. The second kappa shape index (κ2) is 43.2. The molecule has 0 bridgehead atoms. The maximum atomic E-state index is 13.0. The van der Waals surface area contributed by atoms with Gasteiger partial charge in [-0.25, -0.2) is 39.9 Å². The summed E-state index contributed by atoms with van der Waals surface area (Å²) in [6, 6.07) is 75.8. The van der Waals surface area contributed by atoms with Crippen molar-refractivity contribution in [2.24, 2.45) is 0 Å². The number of thiophene rings is 1. The first-order chi connectivity index (χ1) is 71.5. The highest BCUT2D eigenvalue weighted by atomic mass is 32.1. The smallest absolute Gasteiger partial charge is 0.463 e. The Morgan fingerprint density at radius 1 is 0.315 bits per heavy atom. The summed E-state index contributed by atoms with van der Waals surface area (Å²) in [4.78, 5) is 103. The minimum atomic E-state index is -4.83. The number of furan rings is 2. The van der Waals surface area contributed by atoms with Crippen LogP contribution in [-0.2, 0) is 25.7 Å². The molecule has 10 aromatic carbocycles. The van der Waals surface area contributed by atoms with Crippen molar-refractivity contribution < 1.29 is 99.6 Å². The van der Waals surface area contributed by atoms with Gasteiger partial charge in [0, 0.05) is 131 Å². The van der Waals surface area contributed by atoms with Gasteiger partial charge in [0.05, 0.1) is 61.0 Å². The molecule has 0 spiro atoms. The number of hydrogen-bond acceptors (Lipinski definition) is 19. The zero-order valence-corrected chi connectivity index (χ0v) is 79.3. The van der Waals surface area contributed by atoms with Crippen molar-refractivity contribution in [3.05, 3.63) is 406 Å². The lowest BCUT2D eigenvalue weighted by molar-refractivity contribution is -0.275. The monoisotopic (exact) mass is 2040 g/mol. The summed E-state index contributed by atoms with van der Waals surface area (Å²) in [5, 5.41) is 13.4. The second-order valence-electron chi connectivity index (χ2n) is 33.8. The van der Waals surface area contributed by atoms with Crippen LogP contribution in [0.15, 0.2) is 324 Å². The number of hydrogen-bond donors (Lipinski definition) is 8. The molecule has 21 rings (SSSR count). The van der Waals surface area contributed by atoms with Gasteiger partial charge in [-0.15, -0.1) is 64.0 Å². The SMILES string of the molecule is Cc1ccc(C(=O)Nc2cccc(OC(F)(F)F)c2)cc1Cc1nc(-c2cc3ccccc3o2)c2[nH]ccc2n1.Cc1ccc(C(=O)Nc2cccc(OC(F)(F)F)c2)cc1Cc1nc(-c2ccccc2)c2[nH]ccc2n1.Cc1ccc(C(=O)Nc2cccc(OC(F)(F)F)c2)cc1Cc1nc(-c2ccco2)c2[nH]ccc2n1.Cc1ccc(C(=O)Nc2cccc(OC(F)(F)F)c2)cc1Cc1nc(-c2cccs2)c2[nH]ccc2n1. The number of rotatable bonds is 24. The lowest BCUT2D eigenvalue weighted by Crippen LogP contribution is -2.17. The minimum Gasteiger partial charge on any atom is -0.463 e. The molecule has 0 aliphatic rings. The number of alkyl halides is 12. The zero-order chi connectivity index (χ0) is 104. The van der Waals surface area contributed by atoms with Gasteiger partial charge in [-0.3, -0.25) is 19.2 Å². The van der Waals surface area contributed by atoms with E-state index in [4.69, 9.17) is 38.7 Å². The van der Waals surface area contributed by atoms with E-state index in [2.05, 4.69) is 70.1 Å². The average Bonchev–Trinajstić information content (AvgIpc) is 1.65. The number of nitrogens with one attached hydrogen (secondary N) is 8. The van der Waals surface area contributed by atoms with Crippen LogP contribution in [0.2, 0.25) is 0 Å². The molecule has 39 heteroatoms. The third kappa shape index (κ3) is 25.6. The molecule has 4 amide bonds. The Labute approximate surface area is 841 Å². The maximum Gasteiger partial charge on any atom is 0.573 e. The molecule has 21 aromatic rings. The summed E-state index contributed by atoms with van der Waals surface area (Å²) >= 11 is 1.59. The molecule has 149 heavy (non-hydrogen) atoms. The number of halogens is 12. The van der Waals surface area contributed by atoms with Crippen molar-refractivity contribution in [2.45, 2.75) is 78.8 Å². The molecule has 11 aromatic heterocycles. The maximum absolute atomic E-state index is 13.0. The fourth-order valence-electron chi connectivity index (χ4n) is 16.1. The van der Waals surface area contributed by atoms with Crippen molar-refractivity contribution in [1.82, 2.24) is 59.8 Å². The van der Waals surface area contributed by atoms with Crippen molar-refractivity contribution in [3.63, 3.8) is 0 Å². The molecule has 750 valence electrons. The molecule has 0 unspecified atom stereocenters. The van der Waals surface area contributed by atoms with E-state index >= 15 is 0 Å². The van der Waals surface area contributed by atoms with Crippen LogP contribution in [0.4, 0.5) is 75.4 Å². The van der Waals surface area contributed by atoms with Crippen molar-refractivity contribution in [1.29, 1.82) is 0 Å². The number of aromatic nitrogens is 12. The molecule has 0 radical (unpaired) electrons.